The Kier molecular flexibility index (Phi) is 4.75. The van der Waals surface area contributed by atoms with E-state index in [1.807, 2.05) is 12.1 Å². The minimum absolute atomic E-state index is 0.209. The molecule has 1 aromatic carbocycles. The first-order valence-corrected chi connectivity index (χ1v) is 6.87. The van der Waals surface area contributed by atoms with Crippen LogP contribution in [0.5, 0.6) is 5.75 Å². The monoisotopic (exact) mass is 269 g/mol. The van der Waals surface area contributed by atoms with Gasteiger partial charge in [-0.3, -0.25) is 0 Å². The van der Waals surface area contributed by atoms with Gasteiger partial charge in [-0.1, -0.05) is 25.5 Å². The summed E-state index contributed by atoms with van der Waals surface area (Å²) >= 11 is 0. The van der Waals surface area contributed by atoms with Gasteiger partial charge in [0.15, 0.2) is 0 Å². The summed E-state index contributed by atoms with van der Waals surface area (Å²) in [5.74, 6) is 0.920. The van der Waals surface area contributed by atoms with Gasteiger partial charge in [0.25, 0.3) is 0 Å². The first-order valence-electron chi connectivity index (χ1n) is 6.87. The van der Waals surface area contributed by atoms with Crippen molar-refractivity contribution in [2.75, 3.05) is 0 Å². The molecular weight excluding hydrogens is 248 g/mol. The molecule has 0 aromatic heterocycles. The summed E-state index contributed by atoms with van der Waals surface area (Å²) in [4.78, 5) is 0. The fourth-order valence-corrected chi connectivity index (χ4v) is 2.75. The third-order valence-electron chi connectivity index (χ3n) is 3.93. The Morgan fingerprint density at radius 2 is 1.89 bits per heavy atom. The molecule has 1 aliphatic rings. The summed E-state index contributed by atoms with van der Waals surface area (Å²) in [7, 11) is 0. The zero-order valence-electron chi connectivity index (χ0n) is 11.4. The van der Waals surface area contributed by atoms with Gasteiger partial charge in [-0.15, -0.1) is 0 Å². The number of hydrogen-bond donors (Lipinski definition) is 1. The molecule has 0 amide bonds. The number of alkyl halides is 2. The van der Waals surface area contributed by atoms with Crippen LogP contribution in [0.4, 0.5) is 8.78 Å². The number of hydrogen-bond acceptors (Lipinski definition) is 2. The quantitative estimate of drug-likeness (QED) is 0.868. The van der Waals surface area contributed by atoms with Crippen molar-refractivity contribution in [3.8, 4) is 5.75 Å². The second-order valence-corrected chi connectivity index (χ2v) is 5.35. The second kappa shape index (κ2) is 6.33. The van der Waals surface area contributed by atoms with E-state index in [0.717, 1.165) is 5.56 Å². The molecule has 0 heterocycles. The molecule has 106 valence electrons. The molecule has 2 rings (SSSR count). The summed E-state index contributed by atoms with van der Waals surface area (Å²) in [5.41, 5.74) is 1.10. The van der Waals surface area contributed by atoms with E-state index in [0.29, 0.717) is 12.0 Å². The smallest absolute Gasteiger partial charge is 0.387 e. The molecule has 0 saturated heterocycles. The molecule has 3 unspecified atom stereocenters. The minimum atomic E-state index is -2.76. The van der Waals surface area contributed by atoms with Crippen LogP contribution in [0, 0.1) is 5.92 Å². The molecule has 1 aliphatic carbocycles. The summed E-state index contributed by atoms with van der Waals surface area (Å²) in [6, 6.07) is 7.66. The van der Waals surface area contributed by atoms with Gasteiger partial charge in [-0.2, -0.15) is 8.78 Å². The maximum atomic E-state index is 12.1. The standard InChI is InChI=1S/C15H21F2NO/c1-10-4-3-5-14(10)18-11(2)12-6-8-13(9-7-12)19-15(16)17/h6-11,14-15,18H,3-5H2,1-2H3. The van der Waals surface area contributed by atoms with E-state index >= 15 is 0 Å². The van der Waals surface area contributed by atoms with E-state index in [1.54, 1.807) is 12.1 Å². The topological polar surface area (TPSA) is 21.3 Å². The number of nitrogens with one attached hydrogen (secondary N) is 1. The van der Waals surface area contributed by atoms with Crippen molar-refractivity contribution >= 4 is 0 Å². The number of rotatable bonds is 5. The van der Waals surface area contributed by atoms with Crippen molar-refractivity contribution < 1.29 is 13.5 Å². The lowest BCUT2D eigenvalue weighted by Crippen LogP contribution is -2.33. The van der Waals surface area contributed by atoms with Crippen molar-refractivity contribution in [1.82, 2.24) is 5.32 Å². The summed E-state index contributed by atoms with van der Waals surface area (Å²) in [5, 5.41) is 3.62. The number of halogens is 2. The van der Waals surface area contributed by atoms with E-state index in [2.05, 4.69) is 23.9 Å². The molecule has 1 fully saturated rings. The Morgan fingerprint density at radius 3 is 2.42 bits per heavy atom. The molecule has 1 N–H and O–H groups in total. The SMILES string of the molecule is CC(NC1CCCC1C)c1ccc(OC(F)F)cc1. The fourth-order valence-electron chi connectivity index (χ4n) is 2.75. The molecule has 0 aliphatic heterocycles. The van der Waals surface area contributed by atoms with Crippen LogP contribution < -0.4 is 10.1 Å². The highest BCUT2D eigenvalue weighted by molar-refractivity contribution is 5.29. The molecule has 2 nitrogen and oxygen atoms in total. The van der Waals surface area contributed by atoms with Crippen molar-refractivity contribution in [2.45, 2.75) is 51.8 Å². The van der Waals surface area contributed by atoms with Crippen LogP contribution in [0.1, 0.15) is 44.7 Å². The third kappa shape index (κ3) is 3.90. The van der Waals surface area contributed by atoms with Crippen LogP contribution in [0.3, 0.4) is 0 Å². The first-order chi connectivity index (χ1) is 9.06. The van der Waals surface area contributed by atoms with Crippen LogP contribution in [0.15, 0.2) is 24.3 Å². The van der Waals surface area contributed by atoms with Crippen LogP contribution in [-0.2, 0) is 0 Å². The van der Waals surface area contributed by atoms with E-state index in [4.69, 9.17) is 0 Å². The van der Waals surface area contributed by atoms with Gasteiger partial charge in [-0.05, 0) is 43.4 Å². The highest BCUT2D eigenvalue weighted by Crippen LogP contribution is 2.27. The third-order valence-corrected chi connectivity index (χ3v) is 3.93. The Bertz CT molecular complexity index is 394. The lowest BCUT2D eigenvalue weighted by molar-refractivity contribution is -0.0498. The average Bonchev–Trinajstić information content (AvgIpc) is 2.75. The second-order valence-electron chi connectivity index (χ2n) is 5.35. The van der Waals surface area contributed by atoms with Crippen LogP contribution in [-0.4, -0.2) is 12.7 Å². The molecule has 1 saturated carbocycles. The van der Waals surface area contributed by atoms with Gasteiger partial charge < -0.3 is 10.1 Å². The largest absolute Gasteiger partial charge is 0.435 e. The summed E-state index contributed by atoms with van der Waals surface area (Å²) in [6.45, 7) is 1.62. The molecule has 0 spiro atoms. The highest BCUT2D eigenvalue weighted by Gasteiger charge is 2.24. The first kappa shape index (κ1) is 14.3. The van der Waals surface area contributed by atoms with Crippen molar-refractivity contribution in [3.63, 3.8) is 0 Å². The van der Waals surface area contributed by atoms with Crippen molar-refractivity contribution in [1.29, 1.82) is 0 Å². The molecule has 4 heteroatoms. The Balaban J connectivity index is 1.93. The zero-order chi connectivity index (χ0) is 13.8. The van der Waals surface area contributed by atoms with E-state index in [1.165, 1.54) is 19.3 Å². The van der Waals surface area contributed by atoms with E-state index in [-0.39, 0.29) is 11.8 Å². The predicted molar refractivity (Wildman–Crippen MR) is 71.4 cm³/mol. The van der Waals surface area contributed by atoms with Gasteiger partial charge in [-0.25, -0.2) is 0 Å². The summed E-state index contributed by atoms with van der Waals surface area (Å²) < 4.78 is 28.5. The van der Waals surface area contributed by atoms with Gasteiger partial charge >= 0.3 is 6.61 Å². The molecule has 0 bridgehead atoms. The highest BCUT2D eigenvalue weighted by atomic mass is 19.3. The van der Waals surface area contributed by atoms with Crippen LogP contribution in [0.2, 0.25) is 0 Å². The average molecular weight is 269 g/mol. The van der Waals surface area contributed by atoms with Crippen molar-refractivity contribution in [2.24, 2.45) is 5.92 Å². The lowest BCUT2D eigenvalue weighted by atomic mass is 10.0. The van der Waals surface area contributed by atoms with Gasteiger partial charge in [0, 0.05) is 12.1 Å². The van der Waals surface area contributed by atoms with E-state index < -0.39 is 6.61 Å². The molecule has 19 heavy (non-hydrogen) atoms. The van der Waals surface area contributed by atoms with Crippen LogP contribution >= 0.6 is 0 Å². The molecule has 3 atom stereocenters. The van der Waals surface area contributed by atoms with Gasteiger partial charge in [0.1, 0.15) is 5.75 Å². The molecule has 1 aromatic rings. The Hall–Kier alpha value is -1.16. The number of benzene rings is 1. The Morgan fingerprint density at radius 1 is 1.21 bits per heavy atom. The predicted octanol–water partition coefficient (Wildman–Crippen LogP) is 4.13. The molecule has 0 radical (unpaired) electrons. The fraction of sp³-hybridized carbons (Fsp3) is 0.600. The summed E-state index contributed by atoms with van der Waals surface area (Å²) in [6.07, 6.45) is 3.79. The molecular formula is C15H21F2NO. The number of ether oxygens (including phenoxy) is 1. The van der Waals surface area contributed by atoms with Crippen LogP contribution in [0.25, 0.3) is 0 Å². The lowest BCUT2D eigenvalue weighted by Gasteiger charge is -2.23. The Labute approximate surface area is 113 Å². The zero-order valence-corrected chi connectivity index (χ0v) is 11.4. The van der Waals surface area contributed by atoms with E-state index in [9.17, 15) is 8.78 Å². The van der Waals surface area contributed by atoms with Gasteiger partial charge in [0.05, 0.1) is 0 Å². The minimum Gasteiger partial charge on any atom is -0.435 e. The van der Waals surface area contributed by atoms with Gasteiger partial charge in [0.2, 0.25) is 0 Å². The maximum Gasteiger partial charge on any atom is 0.387 e. The normalized spacial score (nSPS) is 24.7. The maximum absolute atomic E-state index is 12.1. The van der Waals surface area contributed by atoms with Crippen molar-refractivity contribution in [3.05, 3.63) is 29.8 Å².